The van der Waals surface area contributed by atoms with Crippen LogP contribution in [0.1, 0.15) is 27.8 Å². The van der Waals surface area contributed by atoms with E-state index in [0.29, 0.717) is 5.88 Å². The third kappa shape index (κ3) is 1.57. The van der Waals surface area contributed by atoms with Crippen molar-refractivity contribution >= 4 is 16.9 Å². The average molecular weight is 254 g/mol. The van der Waals surface area contributed by atoms with E-state index in [1.807, 2.05) is 6.92 Å². The number of hydrogen-bond acceptors (Lipinski definition) is 2. The fourth-order valence-electron chi connectivity index (χ4n) is 2.17. The molecule has 0 aliphatic carbocycles. The molecule has 0 aliphatic heterocycles. The zero-order valence-electron chi connectivity index (χ0n) is 10.4. The van der Waals surface area contributed by atoms with Gasteiger partial charge in [0.1, 0.15) is 5.58 Å². The maximum absolute atomic E-state index is 5.82. The van der Waals surface area contributed by atoms with E-state index in [1.165, 1.54) is 27.6 Å². The number of hydrogen-bond donors (Lipinski definition) is 1. The molecule has 0 bridgehead atoms. The monoisotopic (exact) mass is 254 g/mol. The molecule has 0 fully saturated rings. The number of benzene rings is 1. The Bertz CT molecular complexity index is 555. The summed E-state index contributed by atoms with van der Waals surface area (Å²) in [4.78, 5) is 0. The molecule has 0 aliphatic rings. The van der Waals surface area contributed by atoms with E-state index >= 15 is 0 Å². The molecule has 0 amide bonds. The van der Waals surface area contributed by atoms with Gasteiger partial charge < -0.3 is 10.2 Å². The van der Waals surface area contributed by atoms with Crippen LogP contribution in [0, 0.1) is 34.6 Å². The molecule has 2 aromatic rings. The molecule has 1 radical (unpaired) electrons. The van der Waals surface area contributed by atoms with Crippen molar-refractivity contribution in [2.75, 3.05) is 5.73 Å². The van der Waals surface area contributed by atoms with E-state index in [4.69, 9.17) is 10.2 Å². The van der Waals surface area contributed by atoms with E-state index in [2.05, 4.69) is 27.7 Å². The van der Waals surface area contributed by atoms with E-state index in [-0.39, 0.29) is 18.6 Å². The molecular weight excluding hydrogens is 237 g/mol. The van der Waals surface area contributed by atoms with Crippen molar-refractivity contribution in [2.24, 2.45) is 0 Å². The van der Waals surface area contributed by atoms with Crippen LogP contribution in [-0.4, -0.2) is 0 Å². The third-order valence-electron chi connectivity index (χ3n) is 3.59. The molecule has 1 aromatic heterocycles. The number of rotatable bonds is 0. The second-order valence-corrected chi connectivity index (χ2v) is 4.30. The quantitative estimate of drug-likeness (QED) is 0.780. The Morgan fingerprint density at radius 2 is 1.25 bits per heavy atom. The summed E-state index contributed by atoms with van der Waals surface area (Å²) in [5.41, 5.74) is 13.0. The first-order valence-electron chi connectivity index (χ1n) is 5.20. The summed E-state index contributed by atoms with van der Waals surface area (Å²) in [5.74, 6) is 0.543. The Balaban J connectivity index is 0.00000128. The van der Waals surface area contributed by atoms with Crippen molar-refractivity contribution < 1.29 is 23.0 Å². The van der Waals surface area contributed by atoms with Gasteiger partial charge >= 0.3 is 0 Å². The number of furan rings is 1. The largest absolute Gasteiger partial charge is 0.440 e. The van der Waals surface area contributed by atoms with E-state index in [9.17, 15) is 0 Å². The van der Waals surface area contributed by atoms with Gasteiger partial charge in [0.2, 0.25) is 0 Å². The summed E-state index contributed by atoms with van der Waals surface area (Å²) < 4.78 is 5.62. The van der Waals surface area contributed by atoms with E-state index in [0.717, 1.165) is 11.1 Å². The summed E-state index contributed by atoms with van der Waals surface area (Å²) in [6, 6.07) is 0. The molecule has 3 heteroatoms. The normalized spacial score (nSPS) is 10.6. The van der Waals surface area contributed by atoms with E-state index in [1.54, 1.807) is 0 Å². The van der Waals surface area contributed by atoms with Gasteiger partial charge in [-0.05, 0) is 56.9 Å². The molecule has 0 saturated heterocycles. The van der Waals surface area contributed by atoms with Crippen LogP contribution < -0.4 is 5.73 Å². The van der Waals surface area contributed by atoms with Gasteiger partial charge in [-0.15, -0.1) is 0 Å². The third-order valence-corrected chi connectivity index (χ3v) is 3.59. The molecule has 0 unspecified atom stereocenters. The molecule has 0 saturated carbocycles. The van der Waals surface area contributed by atoms with Crippen molar-refractivity contribution in [1.29, 1.82) is 0 Å². The molecule has 0 spiro atoms. The Hall–Kier alpha value is -0.856. The Labute approximate surface area is 108 Å². The van der Waals surface area contributed by atoms with Crippen molar-refractivity contribution in [1.82, 2.24) is 0 Å². The molecule has 2 N–H and O–H groups in total. The standard InChI is InChI=1S/C13H17NO.V/c1-6-7(2)9(4)12-11(8(6)3)10(5)13(14)15-12;/h14H2,1-5H3;. The molecule has 2 nitrogen and oxygen atoms in total. The summed E-state index contributed by atoms with van der Waals surface area (Å²) in [6.45, 7) is 10.5. The van der Waals surface area contributed by atoms with Crippen LogP contribution >= 0.6 is 0 Å². The van der Waals surface area contributed by atoms with Crippen LogP contribution in [0.3, 0.4) is 0 Å². The molecule has 1 aromatic carbocycles. The first-order chi connectivity index (χ1) is 6.95. The molecule has 0 atom stereocenters. The van der Waals surface area contributed by atoms with Gasteiger partial charge in [-0.3, -0.25) is 0 Å². The number of nitrogen functional groups attached to an aromatic ring is 1. The Morgan fingerprint density at radius 3 is 1.81 bits per heavy atom. The summed E-state index contributed by atoms with van der Waals surface area (Å²) in [6.07, 6.45) is 0. The van der Waals surface area contributed by atoms with Gasteiger partial charge in [0, 0.05) is 29.5 Å². The maximum Gasteiger partial charge on any atom is 0.194 e. The van der Waals surface area contributed by atoms with Gasteiger partial charge in [0.05, 0.1) is 0 Å². The fraction of sp³-hybridized carbons (Fsp3) is 0.385. The van der Waals surface area contributed by atoms with Crippen molar-refractivity contribution in [2.45, 2.75) is 34.6 Å². The van der Waals surface area contributed by atoms with Gasteiger partial charge in [-0.2, -0.15) is 0 Å². The number of anilines is 1. The second-order valence-electron chi connectivity index (χ2n) is 4.30. The van der Waals surface area contributed by atoms with Gasteiger partial charge in [-0.1, -0.05) is 0 Å². The zero-order chi connectivity index (χ0) is 11.3. The summed E-state index contributed by atoms with van der Waals surface area (Å²) in [7, 11) is 0. The second kappa shape index (κ2) is 4.19. The van der Waals surface area contributed by atoms with Crippen LogP contribution in [0.4, 0.5) is 5.88 Å². The SMILES string of the molecule is Cc1c(C)c(C)c2c(C)c(N)oc2c1C.[V]. The van der Waals surface area contributed by atoms with Crippen LogP contribution in [-0.2, 0) is 18.6 Å². The Morgan fingerprint density at radius 1 is 0.750 bits per heavy atom. The first-order valence-corrected chi connectivity index (χ1v) is 5.20. The van der Waals surface area contributed by atoms with Gasteiger partial charge in [0.25, 0.3) is 0 Å². The predicted molar refractivity (Wildman–Crippen MR) is 64.3 cm³/mol. The van der Waals surface area contributed by atoms with Crippen molar-refractivity contribution in [3.63, 3.8) is 0 Å². The van der Waals surface area contributed by atoms with E-state index < -0.39 is 0 Å². The Kier molecular flexibility index (Phi) is 3.46. The first kappa shape index (κ1) is 13.2. The predicted octanol–water partition coefficient (Wildman–Crippen LogP) is 3.55. The maximum atomic E-state index is 5.82. The molecular formula is C13H17NOV. The molecule has 16 heavy (non-hydrogen) atoms. The van der Waals surface area contributed by atoms with Gasteiger partial charge in [0.15, 0.2) is 5.88 Å². The fourth-order valence-corrected chi connectivity index (χ4v) is 2.17. The minimum Gasteiger partial charge on any atom is -0.440 e. The van der Waals surface area contributed by atoms with Gasteiger partial charge in [-0.25, -0.2) is 0 Å². The summed E-state index contributed by atoms with van der Waals surface area (Å²) in [5, 5.41) is 1.19. The summed E-state index contributed by atoms with van der Waals surface area (Å²) >= 11 is 0. The van der Waals surface area contributed by atoms with Crippen LogP contribution in [0.5, 0.6) is 0 Å². The van der Waals surface area contributed by atoms with Crippen molar-refractivity contribution in [3.05, 3.63) is 27.8 Å². The topological polar surface area (TPSA) is 39.2 Å². The number of fused-ring (bicyclic) bond motifs is 1. The molecule has 1 heterocycles. The molecule has 2 rings (SSSR count). The zero-order valence-corrected chi connectivity index (χ0v) is 11.8. The van der Waals surface area contributed by atoms with Crippen molar-refractivity contribution in [3.8, 4) is 0 Å². The van der Waals surface area contributed by atoms with Crippen LogP contribution in [0.25, 0.3) is 11.0 Å². The number of nitrogens with two attached hydrogens (primary N) is 1. The van der Waals surface area contributed by atoms with Crippen LogP contribution in [0.2, 0.25) is 0 Å². The minimum atomic E-state index is 0. The average Bonchev–Trinajstić information content (AvgIpc) is 2.50. The smallest absolute Gasteiger partial charge is 0.194 e. The minimum absolute atomic E-state index is 0. The number of aryl methyl sites for hydroxylation is 3. The molecule has 85 valence electrons. The van der Waals surface area contributed by atoms with Crippen LogP contribution in [0.15, 0.2) is 4.42 Å².